The van der Waals surface area contributed by atoms with E-state index < -0.39 is 0 Å². The van der Waals surface area contributed by atoms with Crippen molar-refractivity contribution in [1.29, 1.82) is 0 Å². The third kappa shape index (κ3) is 4.23. The van der Waals surface area contributed by atoms with Gasteiger partial charge in [0.1, 0.15) is 5.75 Å². The maximum Gasteiger partial charge on any atom is 0.258 e. The standard InChI is InChI=1S/C21H18N4O2S2/c1-3-28-21-25-24-20(29-21)23-19(26)16-12-18(13-8-10-14(27-2)11-9-13)22-17-7-5-4-6-15(16)17/h4-12H,3H2,1-2H3,(H,23,24,26). The van der Waals surface area contributed by atoms with Gasteiger partial charge >= 0.3 is 0 Å². The molecular formula is C21H18N4O2S2. The van der Waals surface area contributed by atoms with Gasteiger partial charge in [0.05, 0.1) is 23.9 Å². The summed E-state index contributed by atoms with van der Waals surface area (Å²) >= 11 is 2.97. The topological polar surface area (TPSA) is 77.0 Å². The largest absolute Gasteiger partial charge is 0.497 e. The first-order chi connectivity index (χ1) is 14.2. The van der Waals surface area contributed by atoms with Gasteiger partial charge in [-0.1, -0.05) is 48.2 Å². The molecule has 2 aromatic carbocycles. The summed E-state index contributed by atoms with van der Waals surface area (Å²) in [5.74, 6) is 1.44. The SMILES string of the molecule is CCSc1nnc(NC(=O)c2cc(-c3ccc(OC)cc3)nc3ccccc23)s1. The van der Waals surface area contributed by atoms with Crippen molar-refractivity contribution in [2.75, 3.05) is 18.2 Å². The van der Waals surface area contributed by atoms with Crippen LogP contribution in [0.3, 0.4) is 0 Å². The van der Waals surface area contributed by atoms with Crippen molar-refractivity contribution in [2.45, 2.75) is 11.3 Å². The molecule has 0 unspecified atom stereocenters. The fourth-order valence-corrected chi connectivity index (χ4v) is 4.52. The van der Waals surface area contributed by atoms with Crippen LogP contribution in [0.25, 0.3) is 22.2 Å². The number of thioether (sulfide) groups is 1. The fourth-order valence-electron chi connectivity index (χ4n) is 2.88. The number of pyridine rings is 1. The molecule has 0 aliphatic carbocycles. The van der Waals surface area contributed by atoms with E-state index in [0.29, 0.717) is 10.7 Å². The van der Waals surface area contributed by atoms with Crippen molar-refractivity contribution in [3.05, 3.63) is 60.2 Å². The van der Waals surface area contributed by atoms with Crippen molar-refractivity contribution >= 4 is 45.0 Å². The Morgan fingerprint density at radius 1 is 1.14 bits per heavy atom. The number of anilines is 1. The molecule has 6 nitrogen and oxygen atoms in total. The van der Waals surface area contributed by atoms with E-state index in [1.807, 2.05) is 61.5 Å². The number of ether oxygens (including phenoxy) is 1. The van der Waals surface area contributed by atoms with E-state index in [0.717, 1.165) is 38.0 Å². The quantitative estimate of drug-likeness (QED) is 0.343. The Hall–Kier alpha value is -2.97. The van der Waals surface area contributed by atoms with Crippen molar-refractivity contribution in [3.8, 4) is 17.0 Å². The predicted molar refractivity (Wildman–Crippen MR) is 118 cm³/mol. The van der Waals surface area contributed by atoms with E-state index in [-0.39, 0.29) is 5.91 Å². The first-order valence-electron chi connectivity index (χ1n) is 9.00. The molecule has 2 aromatic heterocycles. The number of para-hydroxylation sites is 1. The number of nitrogens with one attached hydrogen (secondary N) is 1. The number of benzene rings is 2. The average molecular weight is 423 g/mol. The lowest BCUT2D eigenvalue weighted by Crippen LogP contribution is -2.13. The van der Waals surface area contributed by atoms with Crippen LogP contribution in [0, 0.1) is 0 Å². The second-order valence-corrected chi connectivity index (χ2v) is 8.55. The molecule has 0 atom stereocenters. The number of rotatable bonds is 6. The molecule has 146 valence electrons. The third-order valence-corrected chi connectivity index (χ3v) is 6.10. The van der Waals surface area contributed by atoms with Gasteiger partial charge in [-0.05, 0) is 42.2 Å². The van der Waals surface area contributed by atoms with E-state index in [1.54, 1.807) is 18.9 Å². The van der Waals surface area contributed by atoms with Gasteiger partial charge in [0, 0.05) is 10.9 Å². The van der Waals surface area contributed by atoms with Crippen LogP contribution >= 0.6 is 23.1 Å². The molecule has 29 heavy (non-hydrogen) atoms. The molecule has 0 bridgehead atoms. The number of methoxy groups -OCH3 is 1. The van der Waals surface area contributed by atoms with Crippen molar-refractivity contribution in [1.82, 2.24) is 15.2 Å². The highest BCUT2D eigenvalue weighted by Gasteiger charge is 2.16. The summed E-state index contributed by atoms with van der Waals surface area (Å²) in [5.41, 5.74) is 2.92. The normalized spacial score (nSPS) is 10.8. The highest BCUT2D eigenvalue weighted by molar-refractivity contribution is 8.01. The Kier molecular flexibility index (Phi) is 5.73. The first kappa shape index (κ1) is 19.4. The van der Waals surface area contributed by atoms with Crippen LogP contribution in [0.5, 0.6) is 5.75 Å². The zero-order valence-electron chi connectivity index (χ0n) is 15.9. The number of hydrogen-bond donors (Lipinski definition) is 1. The molecule has 0 spiro atoms. The summed E-state index contributed by atoms with van der Waals surface area (Å²) in [5, 5.41) is 12.3. The molecule has 4 rings (SSSR count). The maximum absolute atomic E-state index is 13.1. The molecule has 0 aliphatic rings. The van der Waals surface area contributed by atoms with Gasteiger partial charge < -0.3 is 4.74 Å². The molecule has 1 N–H and O–H groups in total. The van der Waals surface area contributed by atoms with Gasteiger partial charge in [0.15, 0.2) is 4.34 Å². The van der Waals surface area contributed by atoms with E-state index in [9.17, 15) is 4.79 Å². The lowest BCUT2D eigenvalue weighted by atomic mass is 10.0. The van der Waals surface area contributed by atoms with Crippen molar-refractivity contribution in [2.24, 2.45) is 0 Å². The van der Waals surface area contributed by atoms with Crippen LogP contribution in [-0.4, -0.2) is 34.0 Å². The highest BCUT2D eigenvalue weighted by Crippen LogP contribution is 2.28. The minimum absolute atomic E-state index is 0.234. The summed E-state index contributed by atoms with van der Waals surface area (Å²) < 4.78 is 6.06. The number of amides is 1. The summed E-state index contributed by atoms with van der Waals surface area (Å²) in [6.45, 7) is 2.05. The van der Waals surface area contributed by atoms with Gasteiger partial charge in [0.2, 0.25) is 5.13 Å². The van der Waals surface area contributed by atoms with Gasteiger partial charge in [-0.3, -0.25) is 10.1 Å². The summed E-state index contributed by atoms with van der Waals surface area (Å²) in [6.07, 6.45) is 0. The van der Waals surface area contributed by atoms with Crippen molar-refractivity contribution in [3.63, 3.8) is 0 Å². The number of nitrogens with zero attached hydrogens (tertiary/aromatic N) is 3. The van der Waals surface area contributed by atoms with E-state index in [4.69, 9.17) is 9.72 Å². The molecule has 4 aromatic rings. The van der Waals surface area contributed by atoms with Crippen LogP contribution in [0.15, 0.2) is 58.9 Å². The number of fused-ring (bicyclic) bond motifs is 1. The Balaban J connectivity index is 1.72. The number of carbonyl (C=O) groups excluding carboxylic acids is 1. The lowest BCUT2D eigenvalue weighted by molar-refractivity contribution is 0.102. The third-order valence-electron chi connectivity index (χ3n) is 4.24. The molecule has 0 aliphatic heterocycles. The maximum atomic E-state index is 13.1. The lowest BCUT2D eigenvalue weighted by Gasteiger charge is -2.10. The molecule has 0 fully saturated rings. The van der Waals surface area contributed by atoms with Crippen LogP contribution in [-0.2, 0) is 0 Å². The minimum atomic E-state index is -0.234. The fraction of sp³-hybridized carbons (Fsp3) is 0.143. The second kappa shape index (κ2) is 8.59. The molecule has 0 saturated carbocycles. The smallest absolute Gasteiger partial charge is 0.258 e. The average Bonchev–Trinajstić information content (AvgIpc) is 3.20. The second-order valence-electron chi connectivity index (χ2n) is 6.06. The summed E-state index contributed by atoms with van der Waals surface area (Å²) in [4.78, 5) is 17.8. The molecule has 2 heterocycles. The zero-order valence-corrected chi connectivity index (χ0v) is 17.5. The molecule has 0 saturated heterocycles. The van der Waals surface area contributed by atoms with Crippen LogP contribution in [0.4, 0.5) is 5.13 Å². The summed E-state index contributed by atoms with van der Waals surface area (Å²) in [7, 11) is 1.63. The Morgan fingerprint density at radius 3 is 2.69 bits per heavy atom. The molecule has 8 heteroatoms. The summed E-state index contributed by atoms with van der Waals surface area (Å²) in [6, 6.07) is 17.0. The number of hydrogen-bond acceptors (Lipinski definition) is 7. The monoisotopic (exact) mass is 422 g/mol. The first-order valence-corrected chi connectivity index (χ1v) is 10.8. The predicted octanol–water partition coefficient (Wildman–Crippen LogP) is 5.13. The Morgan fingerprint density at radius 2 is 1.93 bits per heavy atom. The highest BCUT2D eigenvalue weighted by atomic mass is 32.2. The minimum Gasteiger partial charge on any atom is -0.497 e. The zero-order chi connectivity index (χ0) is 20.2. The van der Waals surface area contributed by atoms with E-state index >= 15 is 0 Å². The van der Waals surface area contributed by atoms with Gasteiger partial charge in [-0.15, -0.1) is 10.2 Å². The molecular weight excluding hydrogens is 404 g/mol. The Bertz CT molecular complexity index is 1160. The van der Waals surface area contributed by atoms with Crippen LogP contribution in [0.1, 0.15) is 17.3 Å². The van der Waals surface area contributed by atoms with Gasteiger partial charge in [-0.2, -0.15) is 0 Å². The van der Waals surface area contributed by atoms with Gasteiger partial charge in [-0.25, -0.2) is 4.98 Å². The van der Waals surface area contributed by atoms with E-state index in [2.05, 4.69) is 15.5 Å². The van der Waals surface area contributed by atoms with Crippen LogP contribution < -0.4 is 10.1 Å². The van der Waals surface area contributed by atoms with Gasteiger partial charge in [0.25, 0.3) is 5.91 Å². The van der Waals surface area contributed by atoms with Crippen molar-refractivity contribution < 1.29 is 9.53 Å². The van der Waals surface area contributed by atoms with Crippen LogP contribution in [0.2, 0.25) is 0 Å². The Labute approximate surface area is 176 Å². The number of carbonyl (C=O) groups is 1. The molecule has 1 amide bonds. The molecule has 0 radical (unpaired) electrons. The van der Waals surface area contributed by atoms with E-state index in [1.165, 1.54) is 11.3 Å². The number of aromatic nitrogens is 3.